The van der Waals surface area contributed by atoms with Crippen LogP contribution in [0.4, 0.5) is 14.5 Å². The molecule has 0 N–H and O–H groups in total. The predicted octanol–water partition coefficient (Wildman–Crippen LogP) is 3.07. The molecular formula is C7H2BrClF2N2O3. The van der Waals surface area contributed by atoms with Crippen molar-refractivity contribution in [1.29, 1.82) is 0 Å². The average Bonchev–Trinajstić information content (AvgIpc) is 2.15. The van der Waals surface area contributed by atoms with E-state index in [0.717, 1.165) is 6.20 Å². The summed E-state index contributed by atoms with van der Waals surface area (Å²) in [6, 6.07) is 0. The first kappa shape index (κ1) is 12.9. The Kier molecular flexibility index (Phi) is 3.87. The molecule has 5 nitrogen and oxygen atoms in total. The van der Waals surface area contributed by atoms with Crippen LogP contribution in [0.1, 0.15) is 22.3 Å². The van der Waals surface area contributed by atoms with Gasteiger partial charge in [0.05, 0.1) is 4.92 Å². The van der Waals surface area contributed by atoms with Crippen LogP contribution in [-0.2, 0) is 0 Å². The second-order valence-corrected chi connectivity index (χ2v) is 3.65. The van der Waals surface area contributed by atoms with Gasteiger partial charge in [-0.2, -0.15) is 0 Å². The van der Waals surface area contributed by atoms with E-state index in [2.05, 4.69) is 20.9 Å². The molecule has 0 aliphatic heterocycles. The van der Waals surface area contributed by atoms with E-state index in [-0.39, 0.29) is 0 Å². The van der Waals surface area contributed by atoms with Crippen LogP contribution in [0.15, 0.2) is 10.8 Å². The van der Waals surface area contributed by atoms with Crippen molar-refractivity contribution in [3.05, 3.63) is 32.0 Å². The highest BCUT2D eigenvalue weighted by molar-refractivity contribution is 9.10. The van der Waals surface area contributed by atoms with Crippen molar-refractivity contribution in [1.82, 2.24) is 4.98 Å². The fraction of sp³-hybridized carbons (Fsp3) is 0.143. The third-order valence-corrected chi connectivity index (χ3v) is 2.49. The number of halogens is 4. The number of carbonyl (C=O) groups excluding carboxylic acids is 1. The van der Waals surface area contributed by atoms with Gasteiger partial charge in [0.15, 0.2) is 0 Å². The van der Waals surface area contributed by atoms with Crippen LogP contribution >= 0.6 is 27.5 Å². The van der Waals surface area contributed by atoms with E-state index in [4.69, 9.17) is 11.6 Å². The zero-order valence-corrected chi connectivity index (χ0v) is 9.63. The SMILES string of the molecule is O=C(Cl)c1cnc(Br)c(C(F)F)c1[N+](=O)[O-]. The lowest BCUT2D eigenvalue weighted by atomic mass is 10.1. The number of nitrogens with zero attached hydrogens (tertiary/aromatic N) is 2. The fourth-order valence-corrected chi connectivity index (χ4v) is 1.63. The van der Waals surface area contributed by atoms with E-state index in [1.165, 1.54) is 0 Å². The molecule has 0 spiro atoms. The minimum atomic E-state index is -3.14. The number of hydrogen-bond acceptors (Lipinski definition) is 4. The van der Waals surface area contributed by atoms with Gasteiger partial charge >= 0.3 is 0 Å². The van der Waals surface area contributed by atoms with Gasteiger partial charge in [-0.15, -0.1) is 0 Å². The maximum atomic E-state index is 12.6. The van der Waals surface area contributed by atoms with Gasteiger partial charge in [-0.1, -0.05) is 0 Å². The Morgan fingerprint density at radius 3 is 2.56 bits per heavy atom. The van der Waals surface area contributed by atoms with Crippen molar-refractivity contribution in [2.75, 3.05) is 0 Å². The fourth-order valence-electron chi connectivity index (χ4n) is 1.03. The molecule has 0 aliphatic carbocycles. The van der Waals surface area contributed by atoms with E-state index in [1.807, 2.05) is 0 Å². The zero-order chi connectivity index (χ0) is 12.5. The van der Waals surface area contributed by atoms with Crippen LogP contribution in [-0.4, -0.2) is 15.1 Å². The lowest BCUT2D eigenvalue weighted by molar-refractivity contribution is -0.386. The average molecular weight is 315 g/mol. The number of aromatic nitrogens is 1. The Hall–Kier alpha value is -1.15. The van der Waals surface area contributed by atoms with Gasteiger partial charge < -0.3 is 0 Å². The molecule has 9 heteroatoms. The second-order valence-electron chi connectivity index (χ2n) is 2.56. The molecule has 0 radical (unpaired) electrons. The van der Waals surface area contributed by atoms with Crippen LogP contribution in [0.25, 0.3) is 0 Å². The van der Waals surface area contributed by atoms with Crippen LogP contribution in [0.5, 0.6) is 0 Å². The summed E-state index contributed by atoms with van der Waals surface area (Å²) in [6.07, 6.45) is -2.37. The van der Waals surface area contributed by atoms with Crippen molar-refractivity contribution in [2.45, 2.75) is 6.43 Å². The van der Waals surface area contributed by atoms with Gasteiger partial charge in [-0.05, 0) is 27.5 Å². The minimum absolute atomic E-state index is 0.393. The Morgan fingerprint density at radius 1 is 1.62 bits per heavy atom. The number of pyridine rings is 1. The molecule has 1 heterocycles. The van der Waals surface area contributed by atoms with Crippen LogP contribution < -0.4 is 0 Å². The van der Waals surface area contributed by atoms with Crippen LogP contribution in [0.2, 0.25) is 0 Å². The monoisotopic (exact) mass is 314 g/mol. The Balaban J connectivity index is 3.63. The summed E-state index contributed by atoms with van der Waals surface area (Å²) >= 11 is 7.69. The number of carbonyl (C=O) groups is 1. The van der Waals surface area contributed by atoms with Gasteiger partial charge in [0.25, 0.3) is 17.4 Å². The molecule has 0 aromatic carbocycles. The summed E-state index contributed by atoms with van der Waals surface area (Å²) in [7, 11) is 0. The lowest BCUT2D eigenvalue weighted by Gasteiger charge is -2.05. The first-order chi connectivity index (χ1) is 7.36. The van der Waals surface area contributed by atoms with E-state index in [9.17, 15) is 23.7 Å². The number of nitro groups is 1. The molecule has 1 rings (SSSR count). The summed E-state index contributed by atoms with van der Waals surface area (Å²) in [6.45, 7) is 0. The highest BCUT2D eigenvalue weighted by Gasteiger charge is 2.31. The predicted molar refractivity (Wildman–Crippen MR) is 53.7 cm³/mol. The third kappa shape index (κ3) is 2.33. The molecule has 0 bridgehead atoms. The molecular weight excluding hydrogens is 313 g/mol. The highest BCUT2D eigenvalue weighted by atomic mass is 79.9. The van der Waals surface area contributed by atoms with Crippen LogP contribution in [0, 0.1) is 10.1 Å². The molecule has 0 atom stereocenters. The van der Waals surface area contributed by atoms with Gasteiger partial charge in [0.2, 0.25) is 0 Å². The van der Waals surface area contributed by atoms with Crippen molar-refractivity contribution in [3.63, 3.8) is 0 Å². The number of rotatable bonds is 3. The molecule has 0 amide bonds. The molecule has 1 aromatic heterocycles. The molecule has 16 heavy (non-hydrogen) atoms. The smallest absolute Gasteiger partial charge is 0.275 e. The summed E-state index contributed by atoms with van der Waals surface area (Å²) in [5.41, 5.74) is -2.65. The number of hydrogen-bond donors (Lipinski definition) is 0. The standard InChI is InChI=1S/C7H2BrClF2N2O3/c8-5-3(7(10)11)4(13(15)16)2(1-12-5)6(9)14/h1,7H. The van der Waals surface area contributed by atoms with Crippen molar-refractivity contribution < 1.29 is 18.5 Å². The second kappa shape index (κ2) is 4.79. The molecule has 1 aromatic rings. The Bertz CT molecular complexity index is 469. The van der Waals surface area contributed by atoms with Crippen molar-refractivity contribution in [2.24, 2.45) is 0 Å². The molecule has 0 saturated heterocycles. The topological polar surface area (TPSA) is 73.1 Å². The quantitative estimate of drug-likeness (QED) is 0.372. The molecule has 0 saturated carbocycles. The third-order valence-electron chi connectivity index (χ3n) is 1.65. The lowest BCUT2D eigenvalue weighted by Crippen LogP contribution is -2.05. The van der Waals surface area contributed by atoms with E-state index in [1.54, 1.807) is 0 Å². The van der Waals surface area contributed by atoms with E-state index < -0.39 is 38.0 Å². The highest BCUT2D eigenvalue weighted by Crippen LogP contribution is 2.36. The maximum absolute atomic E-state index is 12.6. The van der Waals surface area contributed by atoms with Gasteiger partial charge in [0.1, 0.15) is 15.7 Å². The van der Waals surface area contributed by atoms with E-state index in [0.29, 0.717) is 0 Å². The van der Waals surface area contributed by atoms with Crippen molar-refractivity contribution >= 4 is 38.5 Å². The van der Waals surface area contributed by atoms with Gasteiger partial charge in [-0.3, -0.25) is 14.9 Å². The maximum Gasteiger partial charge on any atom is 0.294 e. The van der Waals surface area contributed by atoms with E-state index >= 15 is 0 Å². The molecule has 0 fully saturated rings. The first-order valence-corrected chi connectivity index (χ1v) is 4.84. The molecule has 86 valence electrons. The first-order valence-electron chi connectivity index (χ1n) is 3.67. The van der Waals surface area contributed by atoms with Gasteiger partial charge in [-0.25, -0.2) is 13.8 Å². The molecule has 0 aliphatic rings. The Morgan fingerprint density at radius 2 is 2.19 bits per heavy atom. The van der Waals surface area contributed by atoms with Crippen molar-refractivity contribution in [3.8, 4) is 0 Å². The summed E-state index contributed by atoms with van der Waals surface area (Å²) in [5, 5.41) is 9.40. The largest absolute Gasteiger partial charge is 0.294 e. The minimum Gasteiger partial charge on any atom is -0.275 e. The summed E-state index contributed by atoms with van der Waals surface area (Å²) in [4.78, 5) is 23.7. The van der Waals surface area contributed by atoms with Crippen LogP contribution in [0.3, 0.4) is 0 Å². The summed E-state index contributed by atoms with van der Waals surface area (Å²) in [5.74, 6) is 0. The zero-order valence-electron chi connectivity index (χ0n) is 7.29. The molecule has 0 unspecified atom stereocenters. The number of alkyl halides is 2. The summed E-state index contributed by atoms with van der Waals surface area (Å²) < 4.78 is 24.7. The Labute approximate surface area is 101 Å². The normalized spacial score (nSPS) is 10.6. The van der Waals surface area contributed by atoms with Gasteiger partial charge in [0, 0.05) is 6.20 Å².